The molecular weight excluding hydrogens is 226 g/mol. The summed E-state index contributed by atoms with van der Waals surface area (Å²) < 4.78 is 0. The van der Waals surface area contributed by atoms with E-state index in [1.165, 1.54) is 0 Å². The molecule has 1 saturated carbocycles. The van der Waals surface area contributed by atoms with Crippen LogP contribution in [0, 0.1) is 5.92 Å². The minimum Gasteiger partial charge on any atom is -0.396 e. The fourth-order valence-corrected chi connectivity index (χ4v) is 3.13. The van der Waals surface area contributed by atoms with Crippen LogP contribution in [0.2, 0.25) is 0 Å². The molecule has 0 radical (unpaired) electrons. The first kappa shape index (κ1) is 12.2. The molecule has 16 heavy (non-hydrogen) atoms. The predicted molar refractivity (Wildman–Crippen MR) is 63.4 cm³/mol. The van der Waals surface area contributed by atoms with Gasteiger partial charge in [-0.05, 0) is 44.9 Å². The topological polar surface area (TPSA) is 40.5 Å². The molecular formula is C12H20ClNO2. The van der Waals surface area contributed by atoms with Crippen molar-refractivity contribution >= 4 is 17.5 Å². The summed E-state index contributed by atoms with van der Waals surface area (Å²) in [5, 5.41) is 8.70. The Hall–Kier alpha value is -0.280. The number of hydrogen-bond donors (Lipinski definition) is 1. The van der Waals surface area contributed by atoms with Gasteiger partial charge in [-0.25, -0.2) is 0 Å². The Kier molecular flexibility index (Phi) is 3.45. The van der Waals surface area contributed by atoms with Crippen molar-refractivity contribution in [1.82, 2.24) is 4.90 Å². The summed E-state index contributed by atoms with van der Waals surface area (Å²) in [5.41, 5.74) is 0.0892. The molecule has 0 aromatic carbocycles. The van der Waals surface area contributed by atoms with Crippen LogP contribution in [0.5, 0.6) is 0 Å². The van der Waals surface area contributed by atoms with Gasteiger partial charge in [0, 0.05) is 18.7 Å². The normalized spacial score (nSPS) is 35.9. The third-order valence-electron chi connectivity index (χ3n) is 4.27. The van der Waals surface area contributed by atoms with E-state index in [0.717, 1.165) is 38.6 Å². The Labute approximate surface area is 102 Å². The average Bonchev–Trinajstić information content (AvgIpc) is 2.27. The number of alkyl halides is 1. The van der Waals surface area contributed by atoms with Crippen molar-refractivity contribution < 1.29 is 9.90 Å². The molecule has 3 nitrogen and oxygen atoms in total. The Morgan fingerprint density at radius 2 is 2.12 bits per heavy atom. The van der Waals surface area contributed by atoms with Gasteiger partial charge in [0.05, 0.1) is 0 Å². The third kappa shape index (κ3) is 1.95. The molecule has 2 aliphatic rings. The van der Waals surface area contributed by atoms with Crippen LogP contribution in [0.3, 0.4) is 0 Å². The van der Waals surface area contributed by atoms with E-state index in [-0.39, 0.29) is 18.1 Å². The maximum Gasteiger partial charge on any atom is 0.240 e. The monoisotopic (exact) mass is 245 g/mol. The van der Waals surface area contributed by atoms with Crippen LogP contribution in [-0.4, -0.2) is 40.0 Å². The molecule has 2 rings (SSSR count). The van der Waals surface area contributed by atoms with Gasteiger partial charge < -0.3 is 10.0 Å². The van der Waals surface area contributed by atoms with Crippen LogP contribution in [0.15, 0.2) is 0 Å². The van der Waals surface area contributed by atoms with Crippen molar-refractivity contribution in [2.24, 2.45) is 5.92 Å². The van der Waals surface area contributed by atoms with E-state index in [4.69, 9.17) is 16.7 Å². The van der Waals surface area contributed by atoms with Crippen molar-refractivity contribution in [1.29, 1.82) is 0 Å². The first-order chi connectivity index (χ1) is 7.59. The summed E-state index contributed by atoms with van der Waals surface area (Å²) in [7, 11) is 0. The molecule has 2 fully saturated rings. The summed E-state index contributed by atoms with van der Waals surface area (Å²) in [6.07, 6.45) is 5.26. The highest BCUT2D eigenvalue weighted by atomic mass is 35.5. The molecule has 0 aromatic heterocycles. The fourth-order valence-electron chi connectivity index (χ4n) is 3.02. The average molecular weight is 246 g/mol. The van der Waals surface area contributed by atoms with E-state index in [0.29, 0.717) is 5.92 Å². The van der Waals surface area contributed by atoms with Crippen LogP contribution < -0.4 is 0 Å². The van der Waals surface area contributed by atoms with Gasteiger partial charge in [-0.2, -0.15) is 0 Å². The number of hydrogen-bond acceptors (Lipinski definition) is 2. The van der Waals surface area contributed by atoms with Crippen molar-refractivity contribution in [2.75, 3.05) is 13.2 Å². The molecule has 1 saturated heterocycles. The molecule has 1 heterocycles. The van der Waals surface area contributed by atoms with Gasteiger partial charge in [0.1, 0.15) is 5.38 Å². The van der Waals surface area contributed by atoms with Gasteiger partial charge >= 0.3 is 0 Å². The lowest BCUT2D eigenvalue weighted by Gasteiger charge is -2.56. The maximum absolute atomic E-state index is 11.9. The van der Waals surface area contributed by atoms with Crippen LogP contribution in [0.25, 0.3) is 0 Å². The molecule has 1 spiro atoms. The zero-order valence-corrected chi connectivity index (χ0v) is 10.5. The first-order valence-corrected chi connectivity index (χ1v) is 6.59. The van der Waals surface area contributed by atoms with Crippen LogP contribution in [0.1, 0.15) is 39.0 Å². The smallest absolute Gasteiger partial charge is 0.240 e. The second kappa shape index (κ2) is 4.53. The van der Waals surface area contributed by atoms with E-state index in [1.54, 1.807) is 6.92 Å². The summed E-state index contributed by atoms with van der Waals surface area (Å²) >= 11 is 5.86. The molecule has 1 amide bonds. The minimum atomic E-state index is -0.409. The second-order valence-corrected chi connectivity index (χ2v) is 5.86. The Balaban J connectivity index is 1.97. The Morgan fingerprint density at radius 1 is 1.50 bits per heavy atom. The minimum absolute atomic E-state index is 0.0790. The molecule has 1 atom stereocenters. The number of carbonyl (C=O) groups excluding carboxylic acids is 1. The summed E-state index contributed by atoms with van der Waals surface area (Å²) in [5.74, 6) is 0.520. The lowest BCUT2D eigenvalue weighted by atomic mass is 9.69. The summed E-state index contributed by atoms with van der Waals surface area (Å²) in [6.45, 7) is 2.89. The van der Waals surface area contributed by atoms with E-state index < -0.39 is 5.38 Å². The zero-order chi connectivity index (χ0) is 11.8. The van der Waals surface area contributed by atoms with Gasteiger partial charge in [0.15, 0.2) is 0 Å². The van der Waals surface area contributed by atoms with Gasteiger partial charge in [0.2, 0.25) is 5.91 Å². The number of amides is 1. The molecule has 0 bridgehead atoms. The van der Waals surface area contributed by atoms with E-state index in [1.807, 2.05) is 4.90 Å². The molecule has 92 valence electrons. The molecule has 1 aliphatic heterocycles. The van der Waals surface area contributed by atoms with Crippen molar-refractivity contribution in [2.45, 2.75) is 49.9 Å². The highest BCUT2D eigenvalue weighted by Crippen LogP contribution is 2.45. The van der Waals surface area contributed by atoms with Gasteiger partial charge in [-0.15, -0.1) is 11.6 Å². The number of aliphatic hydroxyl groups is 1. The highest BCUT2D eigenvalue weighted by Gasteiger charge is 2.49. The molecule has 0 aromatic rings. The molecule has 1 unspecified atom stereocenters. The van der Waals surface area contributed by atoms with E-state index in [2.05, 4.69) is 0 Å². The van der Waals surface area contributed by atoms with E-state index >= 15 is 0 Å². The number of likely N-dealkylation sites (tertiary alicyclic amines) is 1. The summed E-state index contributed by atoms with van der Waals surface area (Å²) in [6, 6.07) is 0. The maximum atomic E-state index is 11.9. The van der Waals surface area contributed by atoms with Crippen LogP contribution >= 0.6 is 11.6 Å². The quantitative estimate of drug-likeness (QED) is 0.754. The largest absolute Gasteiger partial charge is 0.396 e. The van der Waals surface area contributed by atoms with Gasteiger partial charge in [-0.1, -0.05) is 0 Å². The number of nitrogens with zero attached hydrogens (tertiary/aromatic N) is 1. The predicted octanol–water partition coefficient (Wildman–Crippen LogP) is 1.77. The molecule has 1 aliphatic carbocycles. The van der Waals surface area contributed by atoms with Crippen molar-refractivity contribution in [3.05, 3.63) is 0 Å². The summed E-state index contributed by atoms with van der Waals surface area (Å²) in [4.78, 5) is 13.9. The van der Waals surface area contributed by atoms with Gasteiger partial charge in [-0.3, -0.25) is 4.79 Å². The van der Waals surface area contributed by atoms with Gasteiger partial charge in [0.25, 0.3) is 0 Å². The second-order valence-electron chi connectivity index (χ2n) is 5.21. The zero-order valence-electron chi connectivity index (χ0n) is 9.79. The van der Waals surface area contributed by atoms with Crippen LogP contribution in [0.4, 0.5) is 0 Å². The van der Waals surface area contributed by atoms with E-state index in [9.17, 15) is 4.79 Å². The van der Waals surface area contributed by atoms with Crippen molar-refractivity contribution in [3.8, 4) is 0 Å². The number of rotatable bonds is 2. The lowest BCUT2D eigenvalue weighted by Crippen LogP contribution is -2.64. The highest BCUT2D eigenvalue weighted by molar-refractivity contribution is 6.30. The standard InChI is InChI=1S/C12H20ClNO2/c1-9(13)11(16)14-7-6-12(14)4-2-10(8-15)3-5-12/h9-10,15H,2-8H2,1H3. The van der Waals surface area contributed by atoms with Crippen molar-refractivity contribution in [3.63, 3.8) is 0 Å². The first-order valence-electron chi connectivity index (χ1n) is 6.15. The number of halogens is 1. The Morgan fingerprint density at radius 3 is 2.50 bits per heavy atom. The fraction of sp³-hybridized carbons (Fsp3) is 0.917. The number of carbonyl (C=O) groups is 1. The Bertz CT molecular complexity index is 272. The molecule has 1 N–H and O–H groups in total. The number of aliphatic hydroxyl groups excluding tert-OH is 1. The SMILES string of the molecule is CC(Cl)C(=O)N1CCC12CCC(CO)CC2. The lowest BCUT2D eigenvalue weighted by molar-refractivity contribution is -0.151. The third-order valence-corrected chi connectivity index (χ3v) is 4.46. The molecule has 4 heteroatoms. The van der Waals surface area contributed by atoms with Crippen LogP contribution in [-0.2, 0) is 4.79 Å².